The van der Waals surface area contributed by atoms with Crippen molar-refractivity contribution in [3.05, 3.63) is 76.6 Å². The fourth-order valence-corrected chi connectivity index (χ4v) is 5.74. The molecule has 2 aliphatic heterocycles. The number of fused-ring (bicyclic) bond motifs is 2. The van der Waals surface area contributed by atoms with Gasteiger partial charge in [0.1, 0.15) is 5.75 Å². The van der Waals surface area contributed by atoms with Crippen molar-refractivity contribution >= 4 is 5.91 Å². The van der Waals surface area contributed by atoms with E-state index < -0.39 is 11.7 Å². The molecule has 1 amide bonds. The molecule has 0 saturated carbocycles. The van der Waals surface area contributed by atoms with Crippen molar-refractivity contribution in [1.82, 2.24) is 24.8 Å². The lowest BCUT2D eigenvalue weighted by Crippen LogP contribution is -2.49. The van der Waals surface area contributed by atoms with Gasteiger partial charge < -0.3 is 9.64 Å². The van der Waals surface area contributed by atoms with E-state index in [1.165, 1.54) is 23.3 Å². The topological polar surface area (TPSA) is 63.5 Å². The van der Waals surface area contributed by atoms with Crippen LogP contribution in [0.3, 0.4) is 0 Å². The van der Waals surface area contributed by atoms with Gasteiger partial charge in [-0.25, -0.2) is 0 Å². The summed E-state index contributed by atoms with van der Waals surface area (Å²) < 4.78 is 44.7. The Labute approximate surface area is 220 Å². The van der Waals surface area contributed by atoms with Gasteiger partial charge in [0, 0.05) is 43.2 Å². The van der Waals surface area contributed by atoms with Crippen molar-refractivity contribution in [3.63, 3.8) is 0 Å². The zero-order valence-electron chi connectivity index (χ0n) is 21.8. The Morgan fingerprint density at radius 2 is 1.74 bits per heavy atom. The molecule has 5 rings (SSSR count). The molecule has 2 fully saturated rings. The highest BCUT2D eigenvalue weighted by molar-refractivity contribution is 5.94. The monoisotopic (exact) mass is 527 g/mol. The van der Waals surface area contributed by atoms with Crippen LogP contribution in [0.5, 0.6) is 5.75 Å². The molecule has 2 bridgehead atoms. The van der Waals surface area contributed by atoms with Crippen LogP contribution in [-0.4, -0.2) is 62.5 Å². The van der Waals surface area contributed by atoms with Gasteiger partial charge in [-0.15, -0.1) is 0 Å². The SMILES string of the molecule is Cc1c(OCCCn2nccn2)ccc([C@H](C)N2C[C@@H]3C[C@H]2CN3C(=O)c2ccc(C(F)(F)F)cc2)c1C. The van der Waals surface area contributed by atoms with E-state index >= 15 is 0 Å². The second-order valence-corrected chi connectivity index (χ2v) is 10.2. The lowest BCUT2D eigenvalue weighted by atomic mass is 9.96. The first-order valence-electron chi connectivity index (χ1n) is 12.9. The predicted molar refractivity (Wildman–Crippen MR) is 136 cm³/mol. The summed E-state index contributed by atoms with van der Waals surface area (Å²) in [6.07, 6.45) is 0.597. The second-order valence-electron chi connectivity index (χ2n) is 10.2. The molecule has 0 N–H and O–H groups in total. The van der Waals surface area contributed by atoms with Crippen LogP contribution >= 0.6 is 0 Å². The number of hydrogen-bond donors (Lipinski definition) is 0. The van der Waals surface area contributed by atoms with Crippen molar-refractivity contribution in [2.24, 2.45) is 0 Å². The largest absolute Gasteiger partial charge is 0.493 e. The van der Waals surface area contributed by atoms with Gasteiger partial charge in [-0.05, 0) is 74.2 Å². The third-order valence-corrected chi connectivity index (χ3v) is 7.96. The molecule has 7 nitrogen and oxygen atoms in total. The highest BCUT2D eigenvalue weighted by atomic mass is 19.4. The molecular formula is C28H32F3N5O2. The number of alkyl halides is 3. The van der Waals surface area contributed by atoms with Crippen LogP contribution in [0, 0.1) is 13.8 Å². The summed E-state index contributed by atoms with van der Waals surface area (Å²) in [4.78, 5) is 19.0. The van der Waals surface area contributed by atoms with Crippen molar-refractivity contribution in [2.45, 2.75) is 64.5 Å². The number of halogens is 3. The van der Waals surface area contributed by atoms with E-state index in [1.807, 2.05) is 11.0 Å². The Kier molecular flexibility index (Phi) is 7.17. The van der Waals surface area contributed by atoms with E-state index in [0.29, 0.717) is 25.3 Å². The maximum Gasteiger partial charge on any atom is 0.416 e. The molecule has 0 spiro atoms. The molecule has 10 heteroatoms. The molecule has 3 atom stereocenters. The highest BCUT2D eigenvalue weighted by Gasteiger charge is 2.47. The van der Waals surface area contributed by atoms with E-state index in [9.17, 15) is 18.0 Å². The van der Waals surface area contributed by atoms with Crippen LogP contribution in [0.15, 0.2) is 48.8 Å². The highest BCUT2D eigenvalue weighted by Crippen LogP contribution is 2.40. The lowest BCUT2D eigenvalue weighted by molar-refractivity contribution is -0.137. The molecular weight excluding hydrogens is 495 g/mol. The van der Waals surface area contributed by atoms with Crippen LogP contribution in [0.4, 0.5) is 13.2 Å². The maximum atomic E-state index is 13.1. The third-order valence-electron chi connectivity index (χ3n) is 7.96. The van der Waals surface area contributed by atoms with Gasteiger partial charge in [0.25, 0.3) is 5.91 Å². The van der Waals surface area contributed by atoms with Crippen molar-refractivity contribution in [3.8, 4) is 5.75 Å². The summed E-state index contributed by atoms with van der Waals surface area (Å²) in [5.41, 5.74) is 3.11. The molecule has 0 aliphatic carbocycles. The Bertz CT molecular complexity index is 1280. The van der Waals surface area contributed by atoms with Crippen molar-refractivity contribution in [1.29, 1.82) is 0 Å². The lowest BCUT2D eigenvalue weighted by Gasteiger charge is -2.38. The molecule has 38 heavy (non-hydrogen) atoms. The number of aromatic nitrogens is 3. The molecule has 3 aromatic rings. The number of amides is 1. The number of likely N-dealkylation sites (tertiary alicyclic amines) is 2. The first kappa shape index (κ1) is 26.2. The van der Waals surface area contributed by atoms with Gasteiger partial charge in [0.2, 0.25) is 0 Å². The number of rotatable bonds is 8. The first-order chi connectivity index (χ1) is 18.1. The zero-order valence-corrected chi connectivity index (χ0v) is 21.8. The summed E-state index contributed by atoms with van der Waals surface area (Å²) in [7, 11) is 0. The minimum atomic E-state index is -4.41. The van der Waals surface area contributed by atoms with Gasteiger partial charge in [-0.3, -0.25) is 9.69 Å². The van der Waals surface area contributed by atoms with Gasteiger partial charge in [-0.1, -0.05) is 6.07 Å². The minimum absolute atomic E-state index is 0.0607. The Hall–Kier alpha value is -3.40. The van der Waals surface area contributed by atoms with Crippen LogP contribution in [0.2, 0.25) is 0 Å². The number of piperazine rings is 1. The summed E-state index contributed by atoms with van der Waals surface area (Å²) in [6, 6.07) is 9.14. The summed E-state index contributed by atoms with van der Waals surface area (Å²) in [6.45, 7) is 9.01. The van der Waals surface area contributed by atoms with E-state index in [-0.39, 0.29) is 24.0 Å². The number of ether oxygens (including phenoxy) is 1. The average Bonchev–Trinajstić information content (AvgIpc) is 3.66. The molecule has 3 heterocycles. The molecule has 202 valence electrons. The fourth-order valence-electron chi connectivity index (χ4n) is 5.74. The number of hydrogen-bond acceptors (Lipinski definition) is 5. The third kappa shape index (κ3) is 5.14. The number of carbonyl (C=O) groups is 1. The smallest absolute Gasteiger partial charge is 0.416 e. The standard InChI is InChI=1S/C28H32F3N5O2/c1-18-19(2)26(38-14-4-13-36-32-11-12-33-36)10-9-25(18)20(3)34-16-24-15-23(34)17-35(24)27(37)21-5-7-22(8-6-21)28(29,30)31/h5-12,20,23-24H,4,13-17H2,1-3H3/t20-,23-,24-/m0/s1. The average molecular weight is 528 g/mol. The summed E-state index contributed by atoms with van der Waals surface area (Å²) >= 11 is 0. The van der Waals surface area contributed by atoms with Crippen LogP contribution in [0.25, 0.3) is 0 Å². The van der Waals surface area contributed by atoms with E-state index in [0.717, 1.165) is 42.8 Å². The Morgan fingerprint density at radius 3 is 2.37 bits per heavy atom. The van der Waals surface area contributed by atoms with Crippen LogP contribution in [-0.2, 0) is 12.7 Å². The zero-order chi connectivity index (χ0) is 27.0. The number of carbonyl (C=O) groups excluding carboxylic acids is 1. The molecule has 2 aliphatic rings. The van der Waals surface area contributed by atoms with Crippen LogP contribution < -0.4 is 4.74 Å². The fraction of sp³-hybridized carbons (Fsp3) is 0.464. The summed E-state index contributed by atoms with van der Waals surface area (Å²) in [5.74, 6) is 0.679. The van der Waals surface area contributed by atoms with Gasteiger partial charge in [-0.2, -0.15) is 28.2 Å². The van der Waals surface area contributed by atoms with Crippen molar-refractivity contribution in [2.75, 3.05) is 19.7 Å². The number of nitrogens with zero attached hydrogens (tertiary/aromatic N) is 5. The Morgan fingerprint density at radius 1 is 1.03 bits per heavy atom. The normalized spacial score (nSPS) is 20.2. The number of benzene rings is 2. The Balaban J connectivity index is 1.19. The first-order valence-corrected chi connectivity index (χ1v) is 12.9. The molecule has 2 saturated heterocycles. The minimum Gasteiger partial charge on any atom is -0.493 e. The van der Waals surface area contributed by atoms with Crippen molar-refractivity contribution < 1.29 is 22.7 Å². The molecule has 1 aromatic heterocycles. The van der Waals surface area contributed by atoms with Gasteiger partial charge >= 0.3 is 6.18 Å². The molecule has 0 radical (unpaired) electrons. The van der Waals surface area contributed by atoms with Gasteiger partial charge in [0.15, 0.2) is 0 Å². The second kappa shape index (κ2) is 10.4. The number of aryl methyl sites for hydroxylation is 1. The maximum absolute atomic E-state index is 13.1. The molecule has 0 unspecified atom stereocenters. The molecule has 2 aromatic carbocycles. The van der Waals surface area contributed by atoms with Crippen LogP contribution in [0.1, 0.15) is 58.4 Å². The summed E-state index contributed by atoms with van der Waals surface area (Å²) in [5, 5.41) is 8.21. The predicted octanol–water partition coefficient (Wildman–Crippen LogP) is 5.04. The van der Waals surface area contributed by atoms with E-state index in [2.05, 4.69) is 41.9 Å². The van der Waals surface area contributed by atoms with E-state index in [1.54, 1.807) is 17.2 Å². The van der Waals surface area contributed by atoms with Gasteiger partial charge in [0.05, 0.1) is 31.1 Å². The van der Waals surface area contributed by atoms with E-state index in [4.69, 9.17) is 4.74 Å². The quantitative estimate of drug-likeness (QED) is 0.384.